The molecule has 0 radical (unpaired) electrons. The van der Waals surface area contributed by atoms with E-state index in [1.165, 1.54) is 0 Å². The van der Waals surface area contributed by atoms with E-state index in [1.807, 2.05) is 18.2 Å². The third-order valence-electron chi connectivity index (χ3n) is 6.48. The van der Waals surface area contributed by atoms with Gasteiger partial charge in [0.2, 0.25) is 5.91 Å². The molecule has 0 spiro atoms. The Balaban J connectivity index is 1.56. The van der Waals surface area contributed by atoms with Gasteiger partial charge in [-0.15, -0.1) is 0 Å². The van der Waals surface area contributed by atoms with E-state index in [1.54, 1.807) is 17.0 Å². The summed E-state index contributed by atoms with van der Waals surface area (Å²) in [4.78, 5) is 39.0. The Labute approximate surface area is 166 Å². The van der Waals surface area contributed by atoms with E-state index in [2.05, 4.69) is 12.2 Å². The summed E-state index contributed by atoms with van der Waals surface area (Å²) in [5, 5.41) is 12.6. The Morgan fingerprint density at radius 1 is 1.07 bits per heavy atom. The minimum absolute atomic E-state index is 0.0145. The number of carbonyl (C=O) groups excluding carboxylic acids is 2. The van der Waals surface area contributed by atoms with Crippen molar-refractivity contribution in [3.8, 4) is 0 Å². The van der Waals surface area contributed by atoms with Crippen molar-refractivity contribution in [3.05, 3.63) is 35.9 Å². The van der Waals surface area contributed by atoms with Crippen LogP contribution in [0.5, 0.6) is 0 Å². The molecule has 0 bridgehead atoms. The van der Waals surface area contributed by atoms with Gasteiger partial charge in [0.15, 0.2) is 0 Å². The second-order valence-electron chi connectivity index (χ2n) is 8.16. The number of benzene rings is 1. The van der Waals surface area contributed by atoms with E-state index in [9.17, 15) is 19.5 Å². The number of aliphatic carboxylic acids is 1. The van der Waals surface area contributed by atoms with E-state index in [4.69, 9.17) is 0 Å². The predicted octanol–water partition coefficient (Wildman–Crippen LogP) is 3.08. The second-order valence-corrected chi connectivity index (χ2v) is 8.16. The Bertz CT molecular complexity index is 703. The largest absolute Gasteiger partial charge is 0.480 e. The standard InChI is InChI=1S/C22H30N2O4/c1-2-16-8-12-22(13-9-16,21(27)28)23-19(25)17-10-14-24(15-11-17)20(26)18-6-4-3-5-7-18/h3-7,16-17H,2,8-15H2,1H3,(H,23,25)(H,27,28). The van der Waals surface area contributed by atoms with Crippen molar-refractivity contribution in [2.75, 3.05) is 13.1 Å². The average Bonchev–Trinajstić information content (AvgIpc) is 2.74. The van der Waals surface area contributed by atoms with E-state index < -0.39 is 11.5 Å². The third-order valence-corrected chi connectivity index (χ3v) is 6.48. The van der Waals surface area contributed by atoms with E-state index >= 15 is 0 Å². The Kier molecular flexibility index (Phi) is 6.37. The van der Waals surface area contributed by atoms with Crippen molar-refractivity contribution in [1.82, 2.24) is 10.2 Å². The normalized spacial score (nSPS) is 25.9. The number of amides is 2. The van der Waals surface area contributed by atoms with Crippen LogP contribution in [-0.2, 0) is 9.59 Å². The number of carboxylic acids is 1. The van der Waals surface area contributed by atoms with Crippen LogP contribution in [0.2, 0.25) is 0 Å². The van der Waals surface area contributed by atoms with Gasteiger partial charge in [-0.25, -0.2) is 4.79 Å². The van der Waals surface area contributed by atoms with Crippen molar-refractivity contribution in [3.63, 3.8) is 0 Å². The van der Waals surface area contributed by atoms with Gasteiger partial charge in [0.25, 0.3) is 5.91 Å². The summed E-state index contributed by atoms with van der Waals surface area (Å²) >= 11 is 0. The Hall–Kier alpha value is -2.37. The molecule has 2 fully saturated rings. The molecule has 1 heterocycles. The highest BCUT2D eigenvalue weighted by Gasteiger charge is 2.44. The van der Waals surface area contributed by atoms with E-state index in [0.717, 1.165) is 19.3 Å². The maximum atomic E-state index is 12.8. The number of likely N-dealkylation sites (tertiary alicyclic amines) is 1. The van der Waals surface area contributed by atoms with Gasteiger partial charge < -0.3 is 15.3 Å². The zero-order valence-electron chi connectivity index (χ0n) is 16.5. The maximum absolute atomic E-state index is 12.8. The summed E-state index contributed by atoms with van der Waals surface area (Å²) in [6, 6.07) is 9.15. The van der Waals surface area contributed by atoms with E-state index in [0.29, 0.717) is 50.3 Å². The molecule has 2 aliphatic rings. The van der Waals surface area contributed by atoms with Gasteiger partial charge in [0.05, 0.1) is 0 Å². The minimum atomic E-state index is -1.13. The zero-order chi connectivity index (χ0) is 20.1. The number of carboxylic acid groups (broad SMARTS) is 1. The summed E-state index contributed by atoms with van der Waals surface area (Å²) in [5.74, 6) is -0.799. The maximum Gasteiger partial charge on any atom is 0.329 e. The molecule has 1 aliphatic carbocycles. The molecule has 1 saturated heterocycles. The Morgan fingerprint density at radius 2 is 1.68 bits per heavy atom. The highest BCUT2D eigenvalue weighted by molar-refractivity contribution is 5.94. The number of rotatable bonds is 5. The van der Waals surface area contributed by atoms with Gasteiger partial charge >= 0.3 is 5.97 Å². The first-order valence-corrected chi connectivity index (χ1v) is 10.3. The number of carbonyl (C=O) groups is 3. The van der Waals surface area contributed by atoms with Gasteiger partial charge in [-0.2, -0.15) is 0 Å². The van der Waals surface area contributed by atoms with Crippen molar-refractivity contribution >= 4 is 17.8 Å². The molecule has 152 valence electrons. The summed E-state index contributed by atoms with van der Waals surface area (Å²) in [5.41, 5.74) is -0.470. The molecule has 6 heteroatoms. The summed E-state index contributed by atoms with van der Waals surface area (Å²) < 4.78 is 0. The van der Waals surface area contributed by atoms with Crippen molar-refractivity contribution in [2.45, 2.75) is 57.4 Å². The van der Waals surface area contributed by atoms with Crippen LogP contribution >= 0.6 is 0 Å². The number of nitrogens with one attached hydrogen (secondary N) is 1. The van der Waals surface area contributed by atoms with Crippen LogP contribution in [-0.4, -0.2) is 46.4 Å². The van der Waals surface area contributed by atoms with Crippen LogP contribution in [0.3, 0.4) is 0 Å². The quantitative estimate of drug-likeness (QED) is 0.814. The summed E-state index contributed by atoms with van der Waals surface area (Å²) in [7, 11) is 0. The molecule has 1 aromatic rings. The fraction of sp³-hybridized carbons (Fsp3) is 0.591. The fourth-order valence-electron chi connectivity index (χ4n) is 4.42. The van der Waals surface area contributed by atoms with Crippen molar-refractivity contribution < 1.29 is 19.5 Å². The summed E-state index contributed by atoms with van der Waals surface area (Å²) in [6.07, 6.45) is 4.86. The first-order chi connectivity index (χ1) is 13.4. The molecular weight excluding hydrogens is 356 g/mol. The SMILES string of the molecule is CCC1CCC(NC(=O)C2CCN(C(=O)c3ccccc3)CC2)(C(=O)O)CC1. The molecule has 3 rings (SSSR count). The van der Waals surface area contributed by atoms with Gasteiger partial charge in [-0.1, -0.05) is 31.5 Å². The Morgan fingerprint density at radius 3 is 2.21 bits per heavy atom. The van der Waals surface area contributed by atoms with Gasteiger partial charge in [0.1, 0.15) is 5.54 Å². The molecule has 1 aromatic carbocycles. The van der Waals surface area contributed by atoms with Crippen LogP contribution < -0.4 is 5.32 Å². The van der Waals surface area contributed by atoms with Gasteiger partial charge in [-0.05, 0) is 56.6 Å². The smallest absolute Gasteiger partial charge is 0.329 e. The lowest BCUT2D eigenvalue weighted by atomic mass is 9.75. The third kappa shape index (κ3) is 4.37. The highest BCUT2D eigenvalue weighted by Crippen LogP contribution is 2.34. The number of nitrogens with zero attached hydrogens (tertiary/aromatic N) is 1. The van der Waals surface area contributed by atoms with Crippen LogP contribution in [0.1, 0.15) is 62.2 Å². The number of piperidine rings is 1. The number of hydrogen-bond acceptors (Lipinski definition) is 3. The lowest BCUT2D eigenvalue weighted by Gasteiger charge is -2.39. The summed E-state index contributed by atoms with van der Waals surface area (Å²) in [6.45, 7) is 3.16. The molecule has 0 aromatic heterocycles. The molecule has 28 heavy (non-hydrogen) atoms. The van der Waals surface area contributed by atoms with Crippen LogP contribution in [0.25, 0.3) is 0 Å². The monoisotopic (exact) mass is 386 g/mol. The zero-order valence-corrected chi connectivity index (χ0v) is 16.5. The molecule has 6 nitrogen and oxygen atoms in total. The van der Waals surface area contributed by atoms with Crippen LogP contribution in [0.4, 0.5) is 0 Å². The molecule has 2 N–H and O–H groups in total. The molecule has 1 aliphatic heterocycles. The fourth-order valence-corrected chi connectivity index (χ4v) is 4.42. The van der Waals surface area contributed by atoms with E-state index in [-0.39, 0.29) is 17.7 Å². The lowest BCUT2D eigenvalue weighted by Crippen LogP contribution is -2.58. The van der Waals surface area contributed by atoms with Crippen molar-refractivity contribution in [1.29, 1.82) is 0 Å². The molecule has 1 saturated carbocycles. The van der Waals surface area contributed by atoms with Gasteiger partial charge in [0, 0.05) is 24.6 Å². The molecular formula is C22H30N2O4. The molecule has 0 atom stereocenters. The highest BCUT2D eigenvalue weighted by atomic mass is 16.4. The van der Waals surface area contributed by atoms with Gasteiger partial charge in [-0.3, -0.25) is 9.59 Å². The minimum Gasteiger partial charge on any atom is -0.480 e. The lowest BCUT2D eigenvalue weighted by molar-refractivity contribution is -0.150. The predicted molar refractivity (Wildman–Crippen MR) is 106 cm³/mol. The first kappa shape index (κ1) is 20.4. The second kappa shape index (κ2) is 8.76. The molecule has 0 unspecified atom stereocenters. The van der Waals surface area contributed by atoms with Crippen LogP contribution in [0, 0.1) is 11.8 Å². The molecule has 2 amide bonds. The first-order valence-electron chi connectivity index (χ1n) is 10.3. The topological polar surface area (TPSA) is 86.7 Å². The number of hydrogen-bond donors (Lipinski definition) is 2. The van der Waals surface area contributed by atoms with Crippen molar-refractivity contribution in [2.24, 2.45) is 11.8 Å². The average molecular weight is 386 g/mol. The van der Waals surface area contributed by atoms with Crippen LogP contribution in [0.15, 0.2) is 30.3 Å².